The third kappa shape index (κ3) is 4.84. The number of fused-ring (bicyclic) bond motifs is 1. The van der Waals surface area contributed by atoms with Gasteiger partial charge in [0.05, 0.1) is 12.2 Å². The first-order valence-electron chi connectivity index (χ1n) is 9.17. The number of nitrogens with one attached hydrogen (secondary N) is 1. The van der Waals surface area contributed by atoms with E-state index < -0.39 is 23.9 Å². The molecule has 2 atom stereocenters. The highest BCUT2D eigenvalue weighted by molar-refractivity contribution is 7.17. The van der Waals surface area contributed by atoms with Crippen molar-refractivity contribution < 1.29 is 23.9 Å². The highest BCUT2D eigenvalue weighted by Gasteiger charge is 2.30. The van der Waals surface area contributed by atoms with Crippen molar-refractivity contribution >= 4 is 34.2 Å². The molecule has 1 heterocycles. The van der Waals surface area contributed by atoms with Gasteiger partial charge in [-0.25, -0.2) is 4.79 Å². The molecule has 1 aromatic heterocycles. The molecule has 0 spiro atoms. The smallest absolute Gasteiger partial charge is 0.341 e. The topological polar surface area (TPSA) is 81.7 Å². The van der Waals surface area contributed by atoms with E-state index >= 15 is 0 Å². The van der Waals surface area contributed by atoms with Crippen molar-refractivity contribution in [2.24, 2.45) is 5.92 Å². The first-order valence-corrected chi connectivity index (χ1v) is 9.98. The lowest BCUT2D eigenvalue weighted by Gasteiger charge is -2.21. The molecular formula is C19H27NO5S. The van der Waals surface area contributed by atoms with E-state index in [4.69, 9.17) is 9.47 Å². The molecule has 1 aromatic rings. The van der Waals surface area contributed by atoms with Gasteiger partial charge in [0.15, 0.2) is 6.10 Å². The molecule has 6 nitrogen and oxygen atoms in total. The summed E-state index contributed by atoms with van der Waals surface area (Å²) in [6.07, 6.45) is 4.17. The molecule has 0 saturated carbocycles. The Balaban J connectivity index is 2.28. The third-order valence-electron chi connectivity index (χ3n) is 4.49. The van der Waals surface area contributed by atoms with Crippen LogP contribution in [0.3, 0.4) is 0 Å². The highest BCUT2D eigenvalue weighted by atomic mass is 32.1. The fourth-order valence-corrected chi connectivity index (χ4v) is 4.69. The van der Waals surface area contributed by atoms with Crippen LogP contribution in [0.2, 0.25) is 0 Å². The predicted molar refractivity (Wildman–Crippen MR) is 101 cm³/mol. The molecule has 1 amide bonds. The van der Waals surface area contributed by atoms with Crippen LogP contribution in [0.1, 0.15) is 67.8 Å². The Kier molecular flexibility index (Phi) is 7.20. The van der Waals surface area contributed by atoms with Crippen molar-refractivity contribution in [1.82, 2.24) is 0 Å². The van der Waals surface area contributed by atoms with E-state index in [-0.39, 0.29) is 6.61 Å². The van der Waals surface area contributed by atoms with Crippen LogP contribution in [0.4, 0.5) is 5.00 Å². The number of carbonyl (C=O) groups is 3. The first kappa shape index (κ1) is 20.4. The lowest BCUT2D eigenvalue weighted by molar-refractivity contribution is -0.150. The SMILES string of the molecule is CCC[C@@H]1CCc2c(sc(NC(=O)[C@H](C)OC(C)=O)c2C(=O)OCC)C1. The molecular weight excluding hydrogens is 354 g/mol. The number of hydrogen-bond acceptors (Lipinski definition) is 6. The second-order valence-corrected chi connectivity index (χ2v) is 7.67. The first-order chi connectivity index (χ1) is 12.4. The van der Waals surface area contributed by atoms with Gasteiger partial charge in [-0.1, -0.05) is 19.8 Å². The standard InChI is InChI=1S/C19H27NO5S/c1-5-7-13-8-9-14-15(10-13)26-18(16(14)19(23)24-6-2)20-17(22)11(3)25-12(4)21/h11,13H,5-10H2,1-4H3,(H,20,22)/t11-,13+/m0/s1. The zero-order valence-corrected chi connectivity index (χ0v) is 16.7. The van der Waals surface area contributed by atoms with Gasteiger partial charge >= 0.3 is 11.9 Å². The fourth-order valence-electron chi connectivity index (χ4n) is 3.33. The van der Waals surface area contributed by atoms with E-state index in [0.29, 0.717) is 16.5 Å². The molecule has 0 unspecified atom stereocenters. The summed E-state index contributed by atoms with van der Waals surface area (Å²) in [4.78, 5) is 37.0. The normalized spacial score (nSPS) is 17.2. The van der Waals surface area contributed by atoms with Gasteiger partial charge in [0.1, 0.15) is 5.00 Å². The van der Waals surface area contributed by atoms with E-state index in [2.05, 4.69) is 12.2 Å². The van der Waals surface area contributed by atoms with Crippen LogP contribution in [0.25, 0.3) is 0 Å². The summed E-state index contributed by atoms with van der Waals surface area (Å²) in [6.45, 7) is 6.97. The second-order valence-electron chi connectivity index (χ2n) is 6.57. The van der Waals surface area contributed by atoms with Crippen molar-refractivity contribution in [3.63, 3.8) is 0 Å². The quantitative estimate of drug-likeness (QED) is 0.728. The predicted octanol–water partition coefficient (Wildman–Crippen LogP) is 3.72. The minimum atomic E-state index is -0.922. The van der Waals surface area contributed by atoms with Crippen LogP contribution < -0.4 is 5.32 Å². The lowest BCUT2D eigenvalue weighted by atomic mass is 9.84. The molecule has 0 bridgehead atoms. The number of amides is 1. The number of ether oxygens (including phenoxy) is 2. The fraction of sp³-hybridized carbons (Fsp3) is 0.632. The Morgan fingerprint density at radius 2 is 2.04 bits per heavy atom. The highest BCUT2D eigenvalue weighted by Crippen LogP contribution is 2.41. The van der Waals surface area contributed by atoms with E-state index in [1.54, 1.807) is 6.92 Å². The Bertz CT molecular complexity index is 682. The van der Waals surface area contributed by atoms with Crippen LogP contribution in [0.5, 0.6) is 0 Å². The summed E-state index contributed by atoms with van der Waals surface area (Å²) in [7, 11) is 0. The monoisotopic (exact) mass is 381 g/mol. The van der Waals surface area contributed by atoms with Gasteiger partial charge in [-0.15, -0.1) is 11.3 Å². The van der Waals surface area contributed by atoms with Crippen molar-refractivity contribution in [1.29, 1.82) is 0 Å². The summed E-state index contributed by atoms with van der Waals surface area (Å²) in [5, 5.41) is 3.26. The van der Waals surface area contributed by atoms with Crippen LogP contribution in [0.15, 0.2) is 0 Å². The van der Waals surface area contributed by atoms with Gasteiger partial charge in [0, 0.05) is 11.8 Å². The van der Waals surface area contributed by atoms with E-state index in [1.165, 1.54) is 25.2 Å². The van der Waals surface area contributed by atoms with E-state index in [1.807, 2.05) is 0 Å². The number of anilines is 1. The molecule has 0 fully saturated rings. The molecule has 144 valence electrons. The third-order valence-corrected chi connectivity index (χ3v) is 5.66. The van der Waals surface area contributed by atoms with Gasteiger partial charge in [-0.3, -0.25) is 9.59 Å². The minimum absolute atomic E-state index is 0.277. The lowest BCUT2D eigenvalue weighted by Crippen LogP contribution is -2.29. The number of hydrogen-bond donors (Lipinski definition) is 1. The maximum Gasteiger partial charge on any atom is 0.341 e. The van der Waals surface area contributed by atoms with E-state index in [9.17, 15) is 14.4 Å². The molecule has 1 aliphatic rings. The summed E-state index contributed by atoms with van der Waals surface area (Å²) in [5.74, 6) is -0.764. The number of esters is 2. The molecule has 0 saturated heterocycles. The molecule has 1 N–H and O–H groups in total. The average molecular weight is 381 g/mol. The number of carbonyl (C=O) groups excluding carboxylic acids is 3. The van der Waals surface area contributed by atoms with Crippen molar-refractivity contribution in [3.8, 4) is 0 Å². The Morgan fingerprint density at radius 1 is 1.31 bits per heavy atom. The van der Waals surface area contributed by atoms with E-state index in [0.717, 1.165) is 42.5 Å². The summed E-state index contributed by atoms with van der Waals surface area (Å²) in [6, 6.07) is 0. The molecule has 0 aromatic carbocycles. The van der Waals surface area contributed by atoms with Gasteiger partial charge in [-0.2, -0.15) is 0 Å². The molecule has 1 aliphatic carbocycles. The van der Waals surface area contributed by atoms with Crippen LogP contribution in [-0.2, 0) is 31.9 Å². The van der Waals surface area contributed by atoms with Crippen molar-refractivity contribution in [3.05, 3.63) is 16.0 Å². The summed E-state index contributed by atoms with van der Waals surface area (Å²) >= 11 is 1.44. The molecule has 2 rings (SSSR count). The zero-order chi connectivity index (χ0) is 19.3. The van der Waals surface area contributed by atoms with Gasteiger partial charge < -0.3 is 14.8 Å². The number of thiophene rings is 1. The second kappa shape index (κ2) is 9.16. The minimum Gasteiger partial charge on any atom is -0.462 e. The molecule has 0 aliphatic heterocycles. The molecule has 7 heteroatoms. The maximum atomic E-state index is 12.5. The Hall–Kier alpha value is -1.89. The Morgan fingerprint density at radius 3 is 2.65 bits per heavy atom. The molecule has 0 radical (unpaired) electrons. The van der Waals surface area contributed by atoms with Gasteiger partial charge in [0.25, 0.3) is 5.91 Å². The average Bonchev–Trinajstić information content (AvgIpc) is 2.91. The molecule has 26 heavy (non-hydrogen) atoms. The Labute approximate surface area is 158 Å². The maximum absolute atomic E-state index is 12.5. The largest absolute Gasteiger partial charge is 0.462 e. The van der Waals surface area contributed by atoms with Crippen LogP contribution in [-0.4, -0.2) is 30.6 Å². The van der Waals surface area contributed by atoms with Gasteiger partial charge in [0.2, 0.25) is 0 Å². The zero-order valence-electron chi connectivity index (χ0n) is 15.8. The van der Waals surface area contributed by atoms with Crippen molar-refractivity contribution in [2.75, 3.05) is 11.9 Å². The summed E-state index contributed by atoms with van der Waals surface area (Å²) < 4.78 is 10.1. The van der Waals surface area contributed by atoms with Crippen molar-refractivity contribution in [2.45, 2.75) is 65.9 Å². The van der Waals surface area contributed by atoms with Crippen LogP contribution in [0, 0.1) is 5.92 Å². The summed E-state index contributed by atoms with van der Waals surface area (Å²) in [5.41, 5.74) is 1.46. The van der Waals surface area contributed by atoms with Crippen LogP contribution >= 0.6 is 11.3 Å². The van der Waals surface area contributed by atoms with Gasteiger partial charge in [-0.05, 0) is 44.6 Å². The number of rotatable bonds is 7.